The van der Waals surface area contributed by atoms with Gasteiger partial charge in [0.2, 0.25) is 0 Å². The average molecular weight is 525 g/mol. The van der Waals surface area contributed by atoms with Gasteiger partial charge in [0.15, 0.2) is 0 Å². The second-order valence-electron chi connectivity index (χ2n) is 12.2. The smallest absolute Gasteiger partial charge is 0.0198 e. The third kappa shape index (κ3) is 18.3. The van der Waals surface area contributed by atoms with Gasteiger partial charge in [0.05, 0.1) is 0 Å². The fraction of sp³-hybridized carbons (Fsp3) is 0.789. The van der Waals surface area contributed by atoms with Gasteiger partial charge in [-0.05, 0) is 60.8 Å². The van der Waals surface area contributed by atoms with Crippen LogP contribution in [0.1, 0.15) is 197 Å². The summed E-state index contributed by atoms with van der Waals surface area (Å²) >= 11 is 0. The second-order valence-corrected chi connectivity index (χ2v) is 12.2. The molecular formula is C38H68. The summed E-state index contributed by atoms with van der Waals surface area (Å²) in [5.41, 5.74) is 6.27. The number of benzene rings is 1. The lowest BCUT2D eigenvalue weighted by molar-refractivity contribution is 0.572. The summed E-state index contributed by atoms with van der Waals surface area (Å²) in [6.45, 7) is 11.2. The lowest BCUT2D eigenvalue weighted by atomic mass is 9.89. The molecule has 0 heterocycles. The quantitative estimate of drug-likeness (QED) is 0.0956. The lowest BCUT2D eigenvalue weighted by Gasteiger charge is -2.16. The van der Waals surface area contributed by atoms with Crippen LogP contribution in [0.2, 0.25) is 0 Å². The van der Waals surface area contributed by atoms with E-state index in [-0.39, 0.29) is 0 Å². The average Bonchev–Trinajstić information content (AvgIpc) is 2.93. The zero-order chi connectivity index (χ0) is 27.5. The Morgan fingerprint density at radius 2 is 0.711 bits per heavy atom. The number of unbranched alkanes of at least 4 members (excludes halogenated alkanes) is 21. The Balaban J connectivity index is 2.60. The number of rotatable bonds is 28. The van der Waals surface area contributed by atoms with Crippen molar-refractivity contribution in [3.63, 3.8) is 0 Å². The van der Waals surface area contributed by atoms with E-state index in [0.29, 0.717) is 0 Å². The molecule has 0 aliphatic rings. The first-order valence-electron chi connectivity index (χ1n) is 17.5. The fourth-order valence-corrected chi connectivity index (χ4v) is 6.03. The topological polar surface area (TPSA) is 0 Å². The van der Waals surface area contributed by atoms with Gasteiger partial charge in [-0.2, -0.15) is 0 Å². The Labute approximate surface area is 240 Å². The molecule has 1 aromatic rings. The van der Waals surface area contributed by atoms with E-state index >= 15 is 0 Å². The number of hydrogen-bond donors (Lipinski definition) is 0. The predicted octanol–water partition coefficient (Wildman–Crippen LogP) is 13.4. The minimum absolute atomic E-state index is 1.24. The van der Waals surface area contributed by atoms with Gasteiger partial charge in [0, 0.05) is 0 Å². The van der Waals surface area contributed by atoms with Gasteiger partial charge in [-0.3, -0.25) is 0 Å². The zero-order valence-corrected chi connectivity index (χ0v) is 26.5. The van der Waals surface area contributed by atoms with E-state index in [4.69, 9.17) is 0 Å². The highest BCUT2D eigenvalue weighted by Gasteiger charge is 2.10. The van der Waals surface area contributed by atoms with Crippen LogP contribution in [-0.2, 0) is 19.3 Å². The maximum atomic E-state index is 4.27. The first-order chi connectivity index (χ1) is 18.8. The third-order valence-corrected chi connectivity index (χ3v) is 8.53. The third-order valence-electron chi connectivity index (χ3n) is 8.53. The molecule has 38 heavy (non-hydrogen) atoms. The molecule has 0 fully saturated rings. The number of aryl methyl sites for hydroxylation is 3. The monoisotopic (exact) mass is 525 g/mol. The van der Waals surface area contributed by atoms with Gasteiger partial charge >= 0.3 is 0 Å². The van der Waals surface area contributed by atoms with E-state index in [1.165, 1.54) is 179 Å². The standard InChI is InChI=1S/C38H68/c1-5-9-12-15-18-21-24-27-30-35-33-36(31-28-25-22-19-16-13-10-6-2)38(8-4)37(34-35)32-29-26-23-20-17-14-11-7-3/h8,33-34H,4-7,9-32H2,1-3H3. The molecule has 0 amide bonds. The van der Waals surface area contributed by atoms with Crippen molar-refractivity contribution in [3.8, 4) is 0 Å². The van der Waals surface area contributed by atoms with E-state index in [9.17, 15) is 0 Å². The van der Waals surface area contributed by atoms with Crippen molar-refractivity contribution < 1.29 is 0 Å². The Hall–Kier alpha value is -1.04. The van der Waals surface area contributed by atoms with Crippen molar-refractivity contribution in [2.75, 3.05) is 0 Å². The normalized spacial score (nSPS) is 11.3. The molecule has 220 valence electrons. The molecule has 0 bridgehead atoms. The molecule has 0 N–H and O–H groups in total. The zero-order valence-electron chi connectivity index (χ0n) is 26.5. The maximum absolute atomic E-state index is 4.27. The summed E-state index contributed by atoms with van der Waals surface area (Å²) in [4.78, 5) is 0. The van der Waals surface area contributed by atoms with Gasteiger partial charge < -0.3 is 0 Å². The van der Waals surface area contributed by atoms with Crippen molar-refractivity contribution in [2.45, 2.75) is 194 Å². The van der Waals surface area contributed by atoms with Crippen molar-refractivity contribution in [2.24, 2.45) is 0 Å². The molecule has 0 spiro atoms. The highest BCUT2D eigenvalue weighted by atomic mass is 14.1. The van der Waals surface area contributed by atoms with Gasteiger partial charge in [0.25, 0.3) is 0 Å². The molecule has 0 aromatic heterocycles. The SMILES string of the molecule is C=Cc1c(CCCCCCCCCC)cc(CCCCCCCCCC)cc1CCCCCCCCCC. The minimum Gasteiger partial charge on any atom is -0.0984 e. The van der Waals surface area contributed by atoms with Crippen LogP contribution < -0.4 is 0 Å². The molecule has 0 aliphatic carbocycles. The Morgan fingerprint density at radius 1 is 0.421 bits per heavy atom. The first-order valence-corrected chi connectivity index (χ1v) is 17.5. The molecule has 0 unspecified atom stereocenters. The first kappa shape index (κ1) is 35.0. The highest BCUT2D eigenvalue weighted by Crippen LogP contribution is 2.25. The van der Waals surface area contributed by atoms with Crippen molar-refractivity contribution >= 4 is 6.08 Å². The van der Waals surface area contributed by atoms with Crippen LogP contribution in [0.15, 0.2) is 18.7 Å². The molecule has 0 atom stereocenters. The second kappa shape index (κ2) is 26.2. The summed E-state index contributed by atoms with van der Waals surface area (Å²) in [6.07, 6.45) is 39.6. The van der Waals surface area contributed by atoms with E-state index in [2.05, 4.69) is 45.6 Å². The maximum Gasteiger partial charge on any atom is -0.0198 e. The van der Waals surface area contributed by atoms with Crippen LogP contribution in [-0.4, -0.2) is 0 Å². The fourth-order valence-electron chi connectivity index (χ4n) is 6.03. The lowest BCUT2D eigenvalue weighted by Crippen LogP contribution is -2.01. The summed E-state index contributed by atoms with van der Waals surface area (Å²) in [6, 6.07) is 5.13. The van der Waals surface area contributed by atoms with Crippen LogP contribution in [0.25, 0.3) is 6.08 Å². The Kier molecular flexibility index (Phi) is 24.1. The van der Waals surface area contributed by atoms with Gasteiger partial charge in [-0.1, -0.05) is 180 Å². The van der Waals surface area contributed by atoms with Crippen LogP contribution in [0.3, 0.4) is 0 Å². The van der Waals surface area contributed by atoms with E-state index in [1.807, 2.05) is 0 Å². The molecule has 0 saturated carbocycles. The largest absolute Gasteiger partial charge is 0.0984 e. The van der Waals surface area contributed by atoms with Crippen LogP contribution >= 0.6 is 0 Å². The molecule has 0 aliphatic heterocycles. The molecular weight excluding hydrogens is 456 g/mol. The molecule has 0 saturated heterocycles. The summed E-state index contributed by atoms with van der Waals surface area (Å²) in [7, 11) is 0. The van der Waals surface area contributed by atoms with Crippen molar-refractivity contribution in [1.82, 2.24) is 0 Å². The van der Waals surface area contributed by atoms with Gasteiger partial charge in [-0.15, -0.1) is 0 Å². The van der Waals surface area contributed by atoms with Gasteiger partial charge in [0.1, 0.15) is 0 Å². The van der Waals surface area contributed by atoms with E-state index < -0.39 is 0 Å². The molecule has 1 rings (SSSR count). The van der Waals surface area contributed by atoms with E-state index in [1.54, 1.807) is 16.7 Å². The Bertz CT molecular complexity index is 613. The summed E-state index contributed by atoms with van der Waals surface area (Å²) in [5, 5.41) is 0. The molecule has 0 radical (unpaired) electrons. The Morgan fingerprint density at radius 3 is 1.03 bits per heavy atom. The molecule has 0 nitrogen and oxygen atoms in total. The molecule has 1 aromatic carbocycles. The summed E-state index contributed by atoms with van der Waals surface area (Å²) in [5.74, 6) is 0. The minimum atomic E-state index is 1.24. The predicted molar refractivity (Wildman–Crippen MR) is 175 cm³/mol. The van der Waals surface area contributed by atoms with E-state index in [0.717, 1.165) is 0 Å². The number of hydrogen-bond acceptors (Lipinski definition) is 0. The summed E-state index contributed by atoms with van der Waals surface area (Å²) < 4.78 is 0. The molecule has 0 heteroatoms. The van der Waals surface area contributed by atoms with Crippen molar-refractivity contribution in [3.05, 3.63) is 41.0 Å². The van der Waals surface area contributed by atoms with Crippen LogP contribution in [0.5, 0.6) is 0 Å². The van der Waals surface area contributed by atoms with Crippen LogP contribution in [0, 0.1) is 0 Å². The highest BCUT2D eigenvalue weighted by molar-refractivity contribution is 5.58. The van der Waals surface area contributed by atoms with Crippen molar-refractivity contribution in [1.29, 1.82) is 0 Å². The van der Waals surface area contributed by atoms with Crippen LogP contribution in [0.4, 0.5) is 0 Å². The van der Waals surface area contributed by atoms with Gasteiger partial charge in [-0.25, -0.2) is 0 Å².